The highest BCUT2D eigenvalue weighted by Crippen LogP contribution is 2.34. The summed E-state index contributed by atoms with van der Waals surface area (Å²) < 4.78 is 16.5. The SMILES string of the molecule is COC(=O)c1ccc(OC)c(CN2CCC3(CC2)NC(=O)c2ccccc2O3)c1. The standard InChI is InChI=1S/C22H24N2O5/c1-27-18-8-7-15(21(26)28-2)13-16(18)14-24-11-9-22(10-12-24)23-20(25)17-5-3-4-6-19(17)29-22/h3-8,13H,9-12,14H2,1-2H3,(H,23,25). The number of amides is 1. The molecule has 0 bridgehead atoms. The Hall–Kier alpha value is -3.06. The Morgan fingerprint density at radius 3 is 2.66 bits per heavy atom. The van der Waals surface area contributed by atoms with E-state index in [4.69, 9.17) is 14.2 Å². The lowest BCUT2D eigenvalue weighted by molar-refractivity contribution is -0.0305. The van der Waals surface area contributed by atoms with Gasteiger partial charge in [-0.2, -0.15) is 0 Å². The Morgan fingerprint density at radius 1 is 1.17 bits per heavy atom. The number of para-hydroxylation sites is 1. The fraction of sp³-hybridized carbons (Fsp3) is 0.364. The van der Waals surface area contributed by atoms with Crippen LogP contribution in [-0.2, 0) is 11.3 Å². The molecule has 2 aliphatic heterocycles. The highest BCUT2D eigenvalue weighted by molar-refractivity contribution is 5.98. The van der Waals surface area contributed by atoms with E-state index in [1.807, 2.05) is 24.3 Å². The fourth-order valence-corrected chi connectivity index (χ4v) is 3.94. The number of piperidine rings is 1. The van der Waals surface area contributed by atoms with E-state index >= 15 is 0 Å². The van der Waals surface area contributed by atoms with Crippen molar-refractivity contribution in [2.75, 3.05) is 27.3 Å². The average molecular weight is 396 g/mol. The first-order valence-electron chi connectivity index (χ1n) is 9.62. The first-order valence-corrected chi connectivity index (χ1v) is 9.62. The maximum absolute atomic E-state index is 12.5. The smallest absolute Gasteiger partial charge is 0.337 e. The Balaban J connectivity index is 1.46. The highest BCUT2D eigenvalue weighted by atomic mass is 16.5. The average Bonchev–Trinajstić information content (AvgIpc) is 2.75. The number of hydrogen-bond acceptors (Lipinski definition) is 6. The Morgan fingerprint density at radius 2 is 1.93 bits per heavy atom. The van der Waals surface area contributed by atoms with E-state index in [-0.39, 0.29) is 11.9 Å². The Bertz CT molecular complexity index is 935. The van der Waals surface area contributed by atoms with Gasteiger partial charge in [-0.05, 0) is 30.3 Å². The lowest BCUT2D eigenvalue weighted by Gasteiger charge is -2.44. The maximum Gasteiger partial charge on any atom is 0.337 e. The van der Waals surface area contributed by atoms with Crippen LogP contribution < -0.4 is 14.8 Å². The molecule has 2 aromatic rings. The quantitative estimate of drug-likeness (QED) is 0.801. The van der Waals surface area contributed by atoms with Gasteiger partial charge >= 0.3 is 5.97 Å². The summed E-state index contributed by atoms with van der Waals surface area (Å²) in [5, 5.41) is 3.05. The van der Waals surface area contributed by atoms with Gasteiger partial charge in [0.2, 0.25) is 0 Å². The largest absolute Gasteiger partial charge is 0.496 e. The molecule has 1 amide bonds. The number of benzene rings is 2. The molecule has 1 fully saturated rings. The second-order valence-electron chi connectivity index (χ2n) is 7.34. The summed E-state index contributed by atoms with van der Waals surface area (Å²) in [5.74, 6) is 0.905. The van der Waals surface area contributed by atoms with Crippen molar-refractivity contribution < 1.29 is 23.8 Å². The molecule has 0 radical (unpaired) electrons. The molecule has 0 atom stereocenters. The van der Waals surface area contributed by atoms with Gasteiger partial charge in [-0.25, -0.2) is 4.79 Å². The molecule has 7 heteroatoms. The van der Waals surface area contributed by atoms with Gasteiger partial charge in [-0.1, -0.05) is 12.1 Å². The number of likely N-dealkylation sites (tertiary alicyclic amines) is 1. The minimum atomic E-state index is -0.667. The molecule has 0 aliphatic carbocycles. The molecule has 2 aromatic carbocycles. The summed E-state index contributed by atoms with van der Waals surface area (Å²) in [7, 11) is 2.98. The van der Waals surface area contributed by atoms with E-state index < -0.39 is 5.72 Å². The number of fused-ring (bicyclic) bond motifs is 1. The molecule has 1 spiro atoms. The van der Waals surface area contributed by atoms with Crippen molar-refractivity contribution in [3.05, 3.63) is 59.2 Å². The van der Waals surface area contributed by atoms with E-state index in [0.717, 1.165) is 24.4 Å². The van der Waals surface area contributed by atoms with Crippen molar-refractivity contribution in [3.63, 3.8) is 0 Å². The van der Waals surface area contributed by atoms with Crippen LogP contribution >= 0.6 is 0 Å². The Kier molecular flexibility index (Phi) is 5.15. The molecule has 152 valence electrons. The van der Waals surface area contributed by atoms with Crippen molar-refractivity contribution in [2.24, 2.45) is 0 Å². The van der Waals surface area contributed by atoms with Gasteiger partial charge in [-0.3, -0.25) is 9.69 Å². The predicted octanol–water partition coefficient (Wildman–Crippen LogP) is 2.60. The molecule has 29 heavy (non-hydrogen) atoms. The number of hydrogen-bond donors (Lipinski definition) is 1. The van der Waals surface area contributed by atoms with E-state index in [9.17, 15) is 9.59 Å². The van der Waals surface area contributed by atoms with Crippen molar-refractivity contribution in [2.45, 2.75) is 25.1 Å². The van der Waals surface area contributed by atoms with Crippen LogP contribution in [0.15, 0.2) is 42.5 Å². The minimum absolute atomic E-state index is 0.0900. The van der Waals surface area contributed by atoms with Gasteiger partial charge in [0, 0.05) is 38.0 Å². The topological polar surface area (TPSA) is 77.1 Å². The van der Waals surface area contributed by atoms with Gasteiger partial charge in [0.25, 0.3) is 5.91 Å². The molecule has 0 saturated carbocycles. The third-order valence-electron chi connectivity index (χ3n) is 5.54. The first kappa shape index (κ1) is 19.3. The van der Waals surface area contributed by atoms with Crippen molar-refractivity contribution >= 4 is 11.9 Å². The summed E-state index contributed by atoms with van der Waals surface area (Å²) in [6, 6.07) is 12.6. The second kappa shape index (κ2) is 7.75. The number of nitrogens with one attached hydrogen (secondary N) is 1. The molecular weight excluding hydrogens is 372 g/mol. The van der Waals surface area contributed by atoms with Gasteiger partial charge < -0.3 is 19.5 Å². The summed E-state index contributed by atoms with van der Waals surface area (Å²) in [5.41, 5.74) is 1.33. The normalized spacial score (nSPS) is 17.8. The lowest BCUT2D eigenvalue weighted by atomic mass is 9.96. The van der Waals surface area contributed by atoms with Gasteiger partial charge in [-0.15, -0.1) is 0 Å². The zero-order chi connectivity index (χ0) is 20.4. The van der Waals surface area contributed by atoms with Gasteiger partial charge in [0.05, 0.1) is 25.3 Å². The summed E-state index contributed by atoms with van der Waals surface area (Å²) in [6.45, 7) is 2.12. The van der Waals surface area contributed by atoms with Crippen LogP contribution in [0.5, 0.6) is 11.5 Å². The van der Waals surface area contributed by atoms with E-state index in [2.05, 4.69) is 10.2 Å². The molecule has 7 nitrogen and oxygen atoms in total. The van der Waals surface area contributed by atoms with E-state index in [1.54, 1.807) is 25.3 Å². The van der Waals surface area contributed by atoms with Crippen molar-refractivity contribution in [1.29, 1.82) is 0 Å². The monoisotopic (exact) mass is 396 g/mol. The molecule has 2 heterocycles. The van der Waals surface area contributed by atoms with E-state index in [1.165, 1.54) is 7.11 Å². The zero-order valence-electron chi connectivity index (χ0n) is 16.6. The molecular formula is C22H24N2O5. The summed E-state index contributed by atoms with van der Waals surface area (Å²) in [6.07, 6.45) is 1.35. The first-order chi connectivity index (χ1) is 14.0. The van der Waals surface area contributed by atoms with Gasteiger partial charge in [0.15, 0.2) is 5.72 Å². The number of ether oxygens (including phenoxy) is 3. The van der Waals surface area contributed by atoms with E-state index in [0.29, 0.717) is 36.3 Å². The molecule has 2 aliphatic rings. The Labute approximate surface area is 169 Å². The van der Waals surface area contributed by atoms with Crippen LogP contribution in [0.3, 0.4) is 0 Å². The van der Waals surface area contributed by atoms with Crippen LogP contribution in [0.4, 0.5) is 0 Å². The van der Waals surface area contributed by atoms with Crippen LogP contribution in [0.25, 0.3) is 0 Å². The third-order valence-corrected chi connectivity index (χ3v) is 5.54. The molecule has 0 aromatic heterocycles. The number of rotatable bonds is 4. The van der Waals surface area contributed by atoms with Crippen molar-refractivity contribution in [1.82, 2.24) is 10.2 Å². The zero-order valence-corrected chi connectivity index (χ0v) is 16.6. The van der Waals surface area contributed by atoms with Crippen LogP contribution in [0.1, 0.15) is 39.1 Å². The minimum Gasteiger partial charge on any atom is -0.496 e. The van der Waals surface area contributed by atoms with Crippen LogP contribution in [0, 0.1) is 0 Å². The predicted molar refractivity (Wildman–Crippen MR) is 106 cm³/mol. The van der Waals surface area contributed by atoms with Crippen LogP contribution in [-0.4, -0.2) is 49.8 Å². The molecule has 4 rings (SSSR count). The lowest BCUT2D eigenvalue weighted by Crippen LogP contribution is -2.60. The summed E-state index contributed by atoms with van der Waals surface area (Å²) in [4.78, 5) is 26.6. The third kappa shape index (κ3) is 3.78. The molecule has 1 saturated heterocycles. The number of nitrogens with zero attached hydrogens (tertiary/aromatic N) is 1. The number of carbonyl (C=O) groups is 2. The maximum atomic E-state index is 12.5. The summed E-state index contributed by atoms with van der Waals surface area (Å²) >= 11 is 0. The highest BCUT2D eigenvalue weighted by Gasteiger charge is 2.42. The molecule has 0 unspecified atom stereocenters. The second-order valence-corrected chi connectivity index (χ2v) is 7.34. The van der Waals surface area contributed by atoms with Gasteiger partial charge in [0.1, 0.15) is 11.5 Å². The van der Waals surface area contributed by atoms with Crippen molar-refractivity contribution in [3.8, 4) is 11.5 Å². The molecule has 1 N–H and O–H groups in total. The van der Waals surface area contributed by atoms with Crippen LogP contribution in [0.2, 0.25) is 0 Å². The number of esters is 1. The fourth-order valence-electron chi connectivity index (χ4n) is 3.94. The number of carbonyl (C=O) groups excluding carboxylic acids is 2. The number of methoxy groups -OCH3 is 2.